The molecule has 12 nitrogen and oxygen atoms in total. The van der Waals surface area contributed by atoms with Gasteiger partial charge < -0.3 is 24.0 Å². The van der Waals surface area contributed by atoms with E-state index in [0.717, 1.165) is 29.0 Å². The van der Waals surface area contributed by atoms with E-state index in [-0.39, 0.29) is 38.3 Å². The van der Waals surface area contributed by atoms with Gasteiger partial charge in [0.25, 0.3) is 6.08 Å². The first-order chi connectivity index (χ1) is 23.5. The molecule has 4 rings (SSSR count). The molecular formula is C37H48N4O8. The van der Waals surface area contributed by atoms with Gasteiger partial charge in [0.05, 0.1) is 19.1 Å². The molecule has 3 amide bonds. The van der Waals surface area contributed by atoms with Crippen LogP contribution in [0.15, 0.2) is 65.8 Å². The Kier molecular flexibility index (Phi) is 13.9. The molecule has 0 unspecified atom stereocenters. The van der Waals surface area contributed by atoms with Crippen LogP contribution in [0.5, 0.6) is 0 Å². The second kappa shape index (κ2) is 18.3. The number of piperidine rings is 2. The highest BCUT2D eigenvalue weighted by atomic mass is 16.6. The average molecular weight is 677 g/mol. The number of carbonyl (C=O) groups excluding carboxylic acids is 5. The fraction of sp³-hybridized carbons (Fsp3) is 0.541. The number of rotatable bonds is 13. The molecule has 2 atom stereocenters. The lowest BCUT2D eigenvalue weighted by Crippen LogP contribution is -2.48. The van der Waals surface area contributed by atoms with Crippen molar-refractivity contribution in [2.24, 2.45) is 16.9 Å². The molecule has 0 radical (unpaired) electrons. The molecule has 2 aromatic rings. The lowest BCUT2D eigenvalue weighted by molar-refractivity contribution is -0.162. The summed E-state index contributed by atoms with van der Waals surface area (Å²) in [6, 6.07) is 18.4. The summed E-state index contributed by atoms with van der Waals surface area (Å²) in [5.41, 5.74) is 1.06. The van der Waals surface area contributed by atoms with Gasteiger partial charge in [-0.2, -0.15) is 0 Å². The molecule has 0 aromatic heterocycles. The normalized spacial score (nSPS) is 17.4. The lowest BCUT2D eigenvalue weighted by Gasteiger charge is -2.35. The minimum absolute atomic E-state index is 0.0122. The van der Waals surface area contributed by atoms with E-state index in [1.807, 2.05) is 81.4 Å². The molecule has 49 heavy (non-hydrogen) atoms. The SMILES string of the molecule is CC(C)(C)OC(=O)N1CCC(CCC(=O)N2CCC[C@@H](C(=O)N(C[C@H](OCc3ccccc3)C(=O)OCc3ccccc3)N=C=O)C2)CC1. The predicted octanol–water partition coefficient (Wildman–Crippen LogP) is 5.06. The standard InChI is InChI=1S/C37H48N4O8/c1-37(2,3)49-36(46)39-21-18-28(19-22-39)16-17-33(43)40-20-10-15-31(23-40)34(44)41(38-27-42)24-32(47-25-29-11-6-4-7-12-29)35(45)48-26-30-13-8-5-9-14-30/h4-9,11-14,28,31-32H,10,15-26H2,1-3H3/t31-,32+/m1/s1. The van der Waals surface area contributed by atoms with Gasteiger partial charge in [-0.05, 0) is 69.9 Å². The third kappa shape index (κ3) is 12.1. The van der Waals surface area contributed by atoms with Gasteiger partial charge in [-0.15, -0.1) is 0 Å². The number of hydrazone groups is 1. The summed E-state index contributed by atoms with van der Waals surface area (Å²) in [5.74, 6) is -1.51. The second-order valence-corrected chi connectivity index (χ2v) is 13.6. The Labute approximate surface area is 288 Å². The quantitative estimate of drug-likeness (QED) is 0.124. The fourth-order valence-corrected chi connectivity index (χ4v) is 6.01. The van der Waals surface area contributed by atoms with E-state index >= 15 is 0 Å². The lowest BCUT2D eigenvalue weighted by atomic mass is 9.91. The third-order valence-electron chi connectivity index (χ3n) is 8.69. The van der Waals surface area contributed by atoms with Crippen LogP contribution in [-0.4, -0.2) is 89.2 Å². The highest BCUT2D eigenvalue weighted by Crippen LogP contribution is 2.26. The van der Waals surface area contributed by atoms with Gasteiger partial charge in [0.1, 0.15) is 12.2 Å². The van der Waals surface area contributed by atoms with E-state index < -0.39 is 29.5 Å². The van der Waals surface area contributed by atoms with Crippen molar-refractivity contribution in [2.45, 2.75) is 84.2 Å². The largest absolute Gasteiger partial charge is 0.459 e. The molecule has 2 saturated heterocycles. The summed E-state index contributed by atoms with van der Waals surface area (Å²) in [5, 5.41) is 4.57. The van der Waals surface area contributed by atoms with E-state index in [1.54, 1.807) is 9.80 Å². The number of nitrogens with zero attached hydrogens (tertiary/aromatic N) is 4. The number of amides is 3. The van der Waals surface area contributed by atoms with Crippen LogP contribution >= 0.6 is 0 Å². The maximum atomic E-state index is 13.7. The zero-order valence-electron chi connectivity index (χ0n) is 28.8. The predicted molar refractivity (Wildman–Crippen MR) is 180 cm³/mol. The highest BCUT2D eigenvalue weighted by Gasteiger charge is 2.35. The maximum Gasteiger partial charge on any atom is 0.410 e. The molecule has 0 bridgehead atoms. The summed E-state index contributed by atoms with van der Waals surface area (Å²) in [6.45, 7) is 7.18. The molecule has 0 saturated carbocycles. The van der Waals surface area contributed by atoms with E-state index in [9.17, 15) is 24.0 Å². The van der Waals surface area contributed by atoms with Crippen molar-refractivity contribution in [1.29, 1.82) is 0 Å². The number of likely N-dealkylation sites (tertiary alicyclic amines) is 2. The molecule has 2 fully saturated rings. The maximum absolute atomic E-state index is 13.7. The van der Waals surface area contributed by atoms with Crippen molar-refractivity contribution >= 4 is 30.0 Å². The molecule has 264 valence electrons. The summed E-state index contributed by atoms with van der Waals surface area (Å²) in [6.07, 6.45) is 3.66. The summed E-state index contributed by atoms with van der Waals surface area (Å²) >= 11 is 0. The average Bonchev–Trinajstić information content (AvgIpc) is 3.11. The molecular weight excluding hydrogens is 628 g/mol. The van der Waals surface area contributed by atoms with Gasteiger partial charge in [0.15, 0.2) is 6.10 Å². The Hall–Kier alpha value is -4.54. The van der Waals surface area contributed by atoms with Gasteiger partial charge in [-0.1, -0.05) is 65.8 Å². The number of isocyanates is 1. The number of benzene rings is 2. The molecule has 2 aliphatic heterocycles. The molecule has 0 aliphatic carbocycles. The van der Waals surface area contributed by atoms with Crippen LogP contribution in [0.2, 0.25) is 0 Å². The van der Waals surface area contributed by atoms with E-state index in [2.05, 4.69) is 5.10 Å². The summed E-state index contributed by atoms with van der Waals surface area (Å²) in [4.78, 5) is 67.4. The van der Waals surface area contributed by atoms with Crippen LogP contribution in [0.25, 0.3) is 0 Å². The van der Waals surface area contributed by atoms with Crippen LogP contribution in [0.4, 0.5) is 4.79 Å². The second-order valence-electron chi connectivity index (χ2n) is 13.6. The van der Waals surface area contributed by atoms with Crippen molar-refractivity contribution in [2.75, 3.05) is 32.7 Å². The highest BCUT2D eigenvalue weighted by molar-refractivity contribution is 5.82. The molecule has 2 aromatic carbocycles. The summed E-state index contributed by atoms with van der Waals surface area (Å²) < 4.78 is 16.9. The third-order valence-corrected chi connectivity index (χ3v) is 8.69. The molecule has 2 aliphatic rings. The van der Waals surface area contributed by atoms with Crippen molar-refractivity contribution in [3.05, 3.63) is 71.8 Å². The zero-order chi connectivity index (χ0) is 35.2. The van der Waals surface area contributed by atoms with Gasteiger partial charge in [0.2, 0.25) is 11.8 Å². The summed E-state index contributed by atoms with van der Waals surface area (Å²) in [7, 11) is 0. The van der Waals surface area contributed by atoms with Gasteiger partial charge in [-0.3, -0.25) is 9.59 Å². The Morgan fingerprint density at radius 3 is 2.14 bits per heavy atom. The van der Waals surface area contributed by atoms with Crippen LogP contribution in [0, 0.1) is 11.8 Å². The van der Waals surface area contributed by atoms with Crippen LogP contribution in [0.3, 0.4) is 0 Å². The number of hydrogen-bond donors (Lipinski definition) is 0. The van der Waals surface area contributed by atoms with Crippen LogP contribution in [0.1, 0.15) is 70.4 Å². The molecule has 2 heterocycles. The Morgan fingerprint density at radius 2 is 1.53 bits per heavy atom. The minimum Gasteiger partial charge on any atom is -0.459 e. The van der Waals surface area contributed by atoms with E-state index in [0.29, 0.717) is 51.2 Å². The van der Waals surface area contributed by atoms with E-state index in [1.165, 1.54) is 6.08 Å². The molecule has 0 N–H and O–H groups in total. The van der Waals surface area contributed by atoms with Crippen molar-refractivity contribution < 1.29 is 38.2 Å². The molecule has 0 spiro atoms. The van der Waals surface area contributed by atoms with Crippen molar-refractivity contribution in [3.8, 4) is 0 Å². The van der Waals surface area contributed by atoms with Crippen LogP contribution in [-0.2, 0) is 46.6 Å². The Morgan fingerprint density at radius 1 is 0.898 bits per heavy atom. The van der Waals surface area contributed by atoms with Crippen LogP contribution < -0.4 is 0 Å². The number of esters is 1. The topological polar surface area (TPSA) is 135 Å². The first kappa shape index (κ1) is 37.3. The van der Waals surface area contributed by atoms with Gasteiger partial charge >= 0.3 is 12.1 Å². The Bertz CT molecular complexity index is 1430. The monoisotopic (exact) mass is 676 g/mol. The number of ether oxygens (including phenoxy) is 3. The first-order valence-corrected chi connectivity index (χ1v) is 17.0. The number of hydrogen-bond acceptors (Lipinski definition) is 9. The fourth-order valence-electron chi connectivity index (χ4n) is 6.01. The zero-order valence-corrected chi connectivity index (χ0v) is 28.8. The van der Waals surface area contributed by atoms with Crippen molar-refractivity contribution in [3.63, 3.8) is 0 Å². The first-order valence-electron chi connectivity index (χ1n) is 17.0. The van der Waals surface area contributed by atoms with Crippen molar-refractivity contribution in [1.82, 2.24) is 14.8 Å². The number of carbonyl (C=O) groups is 4. The molecule has 12 heteroatoms. The van der Waals surface area contributed by atoms with Gasteiger partial charge in [-0.25, -0.2) is 19.4 Å². The smallest absolute Gasteiger partial charge is 0.410 e. The Balaban J connectivity index is 1.32. The van der Waals surface area contributed by atoms with E-state index in [4.69, 9.17) is 14.2 Å². The van der Waals surface area contributed by atoms with Gasteiger partial charge in [0, 0.05) is 32.6 Å². The minimum atomic E-state index is -1.23.